The Morgan fingerprint density at radius 1 is 1.00 bits per heavy atom. The van der Waals surface area contributed by atoms with E-state index in [9.17, 15) is 14.4 Å². The number of hydrogen-bond donors (Lipinski definition) is 1. The molecule has 0 aliphatic carbocycles. The maximum absolute atomic E-state index is 12.7. The number of carbonyl (C=O) groups excluding carboxylic acids is 3. The molecule has 0 saturated heterocycles. The molecule has 168 valence electrons. The van der Waals surface area contributed by atoms with Crippen LogP contribution >= 0.6 is 0 Å². The van der Waals surface area contributed by atoms with E-state index >= 15 is 0 Å². The first-order valence-electron chi connectivity index (χ1n) is 10.6. The van der Waals surface area contributed by atoms with E-state index < -0.39 is 5.97 Å². The zero-order valence-electron chi connectivity index (χ0n) is 18.2. The van der Waals surface area contributed by atoms with Crippen LogP contribution in [0.1, 0.15) is 27.9 Å². The van der Waals surface area contributed by atoms with Crippen molar-refractivity contribution in [3.8, 4) is 5.75 Å². The van der Waals surface area contributed by atoms with Crippen molar-refractivity contribution in [1.29, 1.82) is 0 Å². The first kappa shape index (κ1) is 22.1. The van der Waals surface area contributed by atoms with Gasteiger partial charge in [-0.05, 0) is 47.9 Å². The van der Waals surface area contributed by atoms with E-state index in [0.29, 0.717) is 35.5 Å². The summed E-state index contributed by atoms with van der Waals surface area (Å²) in [4.78, 5) is 38.5. The molecule has 7 nitrogen and oxygen atoms in total. The van der Waals surface area contributed by atoms with Gasteiger partial charge in [-0.25, -0.2) is 4.79 Å². The van der Waals surface area contributed by atoms with Gasteiger partial charge in [-0.2, -0.15) is 0 Å². The van der Waals surface area contributed by atoms with Gasteiger partial charge in [-0.1, -0.05) is 42.5 Å². The third-order valence-electron chi connectivity index (χ3n) is 5.36. The third kappa shape index (κ3) is 5.38. The molecule has 3 aromatic rings. The van der Waals surface area contributed by atoms with E-state index in [1.54, 1.807) is 41.3 Å². The number of ether oxygens (including phenoxy) is 2. The average molecular weight is 444 g/mol. The summed E-state index contributed by atoms with van der Waals surface area (Å²) in [6.07, 6.45) is 0.989. The number of nitrogens with zero attached hydrogens (tertiary/aromatic N) is 1. The number of methoxy groups -OCH3 is 1. The molecule has 2 amide bonds. The van der Waals surface area contributed by atoms with Crippen LogP contribution in [0.4, 0.5) is 11.4 Å². The van der Waals surface area contributed by atoms with Crippen LogP contribution in [-0.4, -0.2) is 31.5 Å². The molecular formula is C26H24N2O5. The lowest BCUT2D eigenvalue weighted by atomic mass is 10.1. The van der Waals surface area contributed by atoms with Crippen LogP contribution in [0.3, 0.4) is 0 Å². The predicted molar refractivity (Wildman–Crippen MR) is 124 cm³/mol. The van der Waals surface area contributed by atoms with E-state index in [0.717, 1.165) is 11.1 Å². The van der Waals surface area contributed by atoms with E-state index in [2.05, 4.69) is 5.32 Å². The highest BCUT2D eigenvalue weighted by molar-refractivity contribution is 5.99. The first-order valence-corrected chi connectivity index (χ1v) is 10.6. The Bertz CT molecular complexity index is 1180. The minimum Gasteiger partial charge on any atom is -0.482 e. The van der Waals surface area contributed by atoms with Gasteiger partial charge >= 0.3 is 5.97 Å². The maximum Gasteiger partial charge on any atom is 0.337 e. The predicted octanol–water partition coefficient (Wildman–Crippen LogP) is 3.97. The molecule has 0 unspecified atom stereocenters. The van der Waals surface area contributed by atoms with Crippen LogP contribution in [-0.2, 0) is 27.3 Å². The number of hydrogen-bond acceptors (Lipinski definition) is 5. The number of aryl methyl sites for hydroxylation is 1. The highest BCUT2D eigenvalue weighted by atomic mass is 16.5. The van der Waals surface area contributed by atoms with Crippen LogP contribution in [0, 0.1) is 0 Å². The third-order valence-corrected chi connectivity index (χ3v) is 5.36. The molecule has 0 spiro atoms. The zero-order valence-corrected chi connectivity index (χ0v) is 18.2. The Balaban J connectivity index is 1.49. The van der Waals surface area contributed by atoms with Crippen molar-refractivity contribution in [2.75, 3.05) is 23.9 Å². The lowest BCUT2D eigenvalue weighted by molar-refractivity contribution is -0.121. The van der Waals surface area contributed by atoms with Crippen molar-refractivity contribution < 1.29 is 23.9 Å². The lowest BCUT2D eigenvalue weighted by Gasteiger charge is -2.30. The Hall–Kier alpha value is -4.13. The van der Waals surface area contributed by atoms with Gasteiger partial charge in [-0.3, -0.25) is 9.59 Å². The average Bonchev–Trinajstić information content (AvgIpc) is 2.85. The van der Waals surface area contributed by atoms with Crippen LogP contribution in [0.5, 0.6) is 5.75 Å². The summed E-state index contributed by atoms with van der Waals surface area (Å²) < 4.78 is 10.3. The molecule has 0 saturated carbocycles. The van der Waals surface area contributed by atoms with Gasteiger partial charge in [0.2, 0.25) is 5.91 Å². The number of anilines is 2. The minimum absolute atomic E-state index is 0.0769. The fraction of sp³-hybridized carbons (Fsp3) is 0.192. The Kier molecular flexibility index (Phi) is 6.69. The zero-order chi connectivity index (χ0) is 23.2. The Morgan fingerprint density at radius 3 is 2.58 bits per heavy atom. The monoisotopic (exact) mass is 444 g/mol. The Morgan fingerprint density at radius 2 is 1.79 bits per heavy atom. The van der Waals surface area contributed by atoms with Crippen molar-refractivity contribution >= 4 is 29.2 Å². The molecule has 0 bridgehead atoms. The molecule has 0 fully saturated rings. The SMILES string of the molecule is COC(=O)c1cccc(CN2C(=O)COc3ccc(NC(=O)CCc4ccccc4)cc32)c1. The molecule has 1 N–H and O–H groups in total. The van der Waals surface area contributed by atoms with Crippen molar-refractivity contribution in [3.63, 3.8) is 0 Å². The van der Waals surface area contributed by atoms with Gasteiger partial charge in [-0.15, -0.1) is 0 Å². The van der Waals surface area contributed by atoms with Gasteiger partial charge < -0.3 is 19.7 Å². The summed E-state index contributed by atoms with van der Waals surface area (Å²) >= 11 is 0. The van der Waals surface area contributed by atoms with Gasteiger partial charge in [0.1, 0.15) is 5.75 Å². The minimum atomic E-state index is -0.439. The van der Waals surface area contributed by atoms with E-state index in [1.807, 2.05) is 36.4 Å². The second-order valence-corrected chi connectivity index (χ2v) is 7.68. The van der Waals surface area contributed by atoms with Gasteiger partial charge in [0.15, 0.2) is 6.61 Å². The lowest BCUT2D eigenvalue weighted by Crippen LogP contribution is -2.38. The summed E-state index contributed by atoms with van der Waals surface area (Å²) in [6, 6.07) is 22.0. The number of fused-ring (bicyclic) bond motifs is 1. The molecule has 1 heterocycles. The van der Waals surface area contributed by atoms with Gasteiger partial charge in [0, 0.05) is 12.1 Å². The van der Waals surface area contributed by atoms with E-state index in [4.69, 9.17) is 9.47 Å². The molecule has 7 heteroatoms. The highest BCUT2D eigenvalue weighted by Gasteiger charge is 2.26. The molecule has 0 aromatic heterocycles. The van der Waals surface area contributed by atoms with Crippen molar-refractivity contribution in [3.05, 3.63) is 89.5 Å². The fourth-order valence-electron chi connectivity index (χ4n) is 3.68. The molecule has 0 atom stereocenters. The normalized spacial score (nSPS) is 12.5. The van der Waals surface area contributed by atoms with Crippen LogP contribution in [0.25, 0.3) is 0 Å². The molecule has 1 aliphatic heterocycles. The summed E-state index contributed by atoms with van der Waals surface area (Å²) in [6.45, 7) is 0.178. The molecule has 3 aromatic carbocycles. The summed E-state index contributed by atoms with van der Waals surface area (Å²) in [7, 11) is 1.33. The maximum atomic E-state index is 12.7. The largest absolute Gasteiger partial charge is 0.482 e. The fourth-order valence-corrected chi connectivity index (χ4v) is 3.68. The molecule has 0 radical (unpaired) electrons. The summed E-state index contributed by atoms with van der Waals surface area (Å²) in [5.41, 5.74) is 3.43. The second-order valence-electron chi connectivity index (χ2n) is 7.68. The van der Waals surface area contributed by atoms with Crippen LogP contribution in [0.15, 0.2) is 72.8 Å². The smallest absolute Gasteiger partial charge is 0.337 e. The first-order chi connectivity index (χ1) is 16.0. The number of rotatable bonds is 7. The highest BCUT2D eigenvalue weighted by Crippen LogP contribution is 2.35. The number of esters is 1. The summed E-state index contributed by atoms with van der Waals surface area (Å²) in [5, 5.41) is 2.90. The second kappa shape index (κ2) is 9.99. The van der Waals surface area contributed by atoms with E-state index in [1.165, 1.54) is 7.11 Å². The number of amides is 2. The number of carbonyl (C=O) groups is 3. The van der Waals surface area contributed by atoms with Gasteiger partial charge in [0.25, 0.3) is 5.91 Å². The quantitative estimate of drug-likeness (QED) is 0.558. The van der Waals surface area contributed by atoms with Crippen molar-refractivity contribution in [2.24, 2.45) is 0 Å². The van der Waals surface area contributed by atoms with E-state index in [-0.39, 0.29) is 25.0 Å². The molecular weight excluding hydrogens is 420 g/mol. The molecule has 1 aliphatic rings. The summed E-state index contributed by atoms with van der Waals surface area (Å²) in [5.74, 6) is -0.204. The van der Waals surface area contributed by atoms with Crippen molar-refractivity contribution in [1.82, 2.24) is 0 Å². The number of benzene rings is 3. The standard InChI is InChI=1S/C26H24N2O5/c1-32-26(31)20-9-5-8-19(14-20)16-28-22-15-21(11-12-23(22)33-17-25(28)30)27-24(29)13-10-18-6-3-2-4-7-18/h2-9,11-12,14-15H,10,13,16-17H2,1H3,(H,27,29). The van der Waals surface area contributed by atoms with Crippen LogP contribution in [0.2, 0.25) is 0 Å². The van der Waals surface area contributed by atoms with Gasteiger partial charge in [0.05, 0.1) is 24.9 Å². The molecule has 33 heavy (non-hydrogen) atoms. The topological polar surface area (TPSA) is 84.9 Å². The Labute approximate surface area is 191 Å². The molecule has 4 rings (SSSR count). The van der Waals surface area contributed by atoms with Crippen molar-refractivity contribution in [2.45, 2.75) is 19.4 Å². The number of nitrogens with one attached hydrogen (secondary N) is 1. The van der Waals surface area contributed by atoms with Crippen LogP contribution < -0.4 is 15.0 Å².